The Morgan fingerprint density at radius 2 is 1.95 bits per heavy atom. The Morgan fingerprint density at radius 3 is 2.50 bits per heavy atom. The summed E-state index contributed by atoms with van der Waals surface area (Å²) in [5.74, 6) is -1.91. The Morgan fingerprint density at radius 1 is 1.25 bits per heavy atom. The lowest BCUT2D eigenvalue weighted by Crippen LogP contribution is -2.00. The molecule has 0 aliphatic heterocycles. The number of carboxylic acid groups (broad SMARTS) is 1. The molecule has 0 aromatic heterocycles. The number of hydrogen-bond acceptors (Lipinski definition) is 3. The Balaban J connectivity index is 2.31. The standard InChI is InChI=1S/C14H8ClFN2O2/c15-10-5-8(7-17)1-3-12(10)18-13-4-2-9(14(19)20)6-11(13)16/h1-6,18H,(H,19,20). The smallest absolute Gasteiger partial charge is 0.335 e. The second-order valence-electron chi connectivity index (χ2n) is 3.93. The topological polar surface area (TPSA) is 73.1 Å². The first-order chi connectivity index (χ1) is 9.51. The highest BCUT2D eigenvalue weighted by molar-refractivity contribution is 6.33. The first-order valence-corrected chi connectivity index (χ1v) is 5.88. The highest BCUT2D eigenvalue weighted by Gasteiger charge is 2.10. The lowest BCUT2D eigenvalue weighted by Gasteiger charge is -2.10. The van der Waals surface area contributed by atoms with Crippen molar-refractivity contribution in [3.8, 4) is 6.07 Å². The lowest BCUT2D eigenvalue weighted by molar-refractivity contribution is 0.0696. The Bertz CT molecular complexity index is 726. The summed E-state index contributed by atoms with van der Waals surface area (Å²) in [7, 11) is 0. The van der Waals surface area contributed by atoms with Crippen LogP contribution in [0.25, 0.3) is 0 Å². The average Bonchev–Trinajstić information content (AvgIpc) is 2.42. The number of benzene rings is 2. The minimum absolute atomic E-state index is 0.0987. The summed E-state index contributed by atoms with van der Waals surface area (Å²) in [6, 6.07) is 9.99. The van der Waals surface area contributed by atoms with Crippen LogP contribution in [0.4, 0.5) is 15.8 Å². The molecule has 2 N–H and O–H groups in total. The fraction of sp³-hybridized carbons (Fsp3) is 0. The van der Waals surface area contributed by atoms with Gasteiger partial charge in [0.15, 0.2) is 0 Å². The van der Waals surface area contributed by atoms with Gasteiger partial charge in [-0.05, 0) is 36.4 Å². The maximum absolute atomic E-state index is 13.8. The summed E-state index contributed by atoms with van der Waals surface area (Å²) >= 11 is 5.96. The highest BCUT2D eigenvalue weighted by Crippen LogP contribution is 2.28. The van der Waals surface area contributed by atoms with Crippen LogP contribution in [-0.4, -0.2) is 11.1 Å². The minimum atomic E-state index is -1.20. The van der Waals surface area contributed by atoms with E-state index in [2.05, 4.69) is 5.32 Å². The molecular weight excluding hydrogens is 283 g/mol. The summed E-state index contributed by atoms with van der Waals surface area (Å²) < 4.78 is 13.8. The van der Waals surface area contributed by atoms with Crippen LogP contribution in [-0.2, 0) is 0 Å². The number of hydrogen-bond donors (Lipinski definition) is 2. The molecule has 0 aliphatic carbocycles. The quantitative estimate of drug-likeness (QED) is 0.902. The molecule has 0 spiro atoms. The maximum Gasteiger partial charge on any atom is 0.335 e. The van der Waals surface area contributed by atoms with Crippen molar-refractivity contribution in [2.75, 3.05) is 5.32 Å². The summed E-state index contributed by atoms with van der Waals surface area (Å²) in [5, 5.41) is 20.5. The minimum Gasteiger partial charge on any atom is -0.478 e. The number of nitriles is 1. The Hall–Kier alpha value is -2.58. The van der Waals surface area contributed by atoms with Crippen LogP contribution >= 0.6 is 11.6 Å². The van der Waals surface area contributed by atoms with E-state index in [1.807, 2.05) is 6.07 Å². The average molecular weight is 291 g/mol. The van der Waals surface area contributed by atoms with Crippen molar-refractivity contribution in [1.29, 1.82) is 5.26 Å². The number of nitrogens with one attached hydrogen (secondary N) is 1. The highest BCUT2D eigenvalue weighted by atomic mass is 35.5. The molecule has 2 aromatic carbocycles. The zero-order valence-electron chi connectivity index (χ0n) is 10.0. The Labute approximate surface area is 119 Å². The van der Waals surface area contributed by atoms with E-state index in [9.17, 15) is 9.18 Å². The van der Waals surface area contributed by atoms with Gasteiger partial charge < -0.3 is 10.4 Å². The zero-order valence-corrected chi connectivity index (χ0v) is 10.8. The van der Waals surface area contributed by atoms with E-state index in [4.69, 9.17) is 22.0 Å². The number of carboxylic acids is 1. The van der Waals surface area contributed by atoms with Gasteiger partial charge in [-0.2, -0.15) is 5.26 Å². The van der Waals surface area contributed by atoms with Crippen LogP contribution in [0.3, 0.4) is 0 Å². The summed E-state index contributed by atoms with van der Waals surface area (Å²) in [4.78, 5) is 10.7. The molecule has 20 heavy (non-hydrogen) atoms. The van der Waals surface area contributed by atoms with Gasteiger partial charge in [-0.15, -0.1) is 0 Å². The van der Waals surface area contributed by atoms with E-state index >= 15 is 0 Å². The molecule has 6 heteroatoms. The molecule has 100 valence electrons. The van der Waals surface area contributed by atoms with Crippen molar-refractivity contribution in [2.45, 2.75) is 0 Å². The van der Waals surface area contributed by atoms with Gasteiger partial charge in [0.2, 0.25) is 0 Å². The largest absolute Gasteiger partial charge is 0.478 e. The Kier molecular flexibility index (Phi) is 3.87. The van der Waals surface area contributed by atoms with E-state index in [0.717, 1.165) is 6.07 Å². The van der Waals surface area contributed by atoms with Gasteiger partial charge in [0.25, 0.3) is 0 Å². The molecule has 0 aliphatic rings. The number of halogens is 2. The summed E-state index contributed by atoms with van der Waals surface area (Å²) in [5.41, 5.74) is 0.774. The zero-order chi connectivity index (χ0) is 14.7. The normalized spacial score (nSPS) is 9.85. The van der Waals surface area contributed by atoms with Crippen LogP contribution in [0.5, 0.6) is 0 Å². The first-order valence-electron chi connectivity index (χ1n) is 5.51. The van der Waals surface area contributed by atoms with Gasteiger partial charge in [-0.1, -0.05) is 11.6 Å². The molecule has 0 bridgehead atoms. The second-order valence-corrected chi connectivity index (χ2v) is 4.34. The summed E-state index contributed by atoms with van der Waals surface area (Å²) in [6.45, 7) is 0. The van der Waals surface area contributed by atoms with Gasteiger partial charge in [-0.25, -0.2) is 9.18 Å². The molecule has 2 aromatic rings. The van der Waals surface area contributed by atoms with Gasteiger partial charge in [0.05, 0.1) is 33.6 Å². The van der Waals surface area contributed by atoms with Crippen LogP contribution in [0, 0.1) is 17.1 Å². The van der Waals surface area contributed by atoms with Crippen molar-refractivity contribution < 1.29 is 14.3 Å². The predicted octanol–water partition coefficient (Wildman–Crippen LogP) is 3.79. The number of nitrogens with zero attached hydrogens (tertiary/aromatic N) is 1. The number of rotatable bonds is 3. The molecule has 0 saturated heterocycles. The van der Waals surface area contributed by atoms with E-state index in [1.165, 1.54) is 24.3 Å². The van der Waals surface area contributed by atoms with Crippen LogP contribution < -0.4 is 5.32 Å². The molecule has 0 saturated carbocycles. The molecule has 0 heterocycles. The molecule has 0 amide bonds. The third kappa shape index (κ3) is 2.87. The second kappa shape index (κ2) is 5.59. The molecule has 2 rings (SSSR count). The van der Waals surface area contributed by atoms with Crippen molar-refractivity contribution in [3.63, 3.8) is 0 Å². The number of anilines is 2. The SMILES string of the molecule is N#Cc1ccc(Nc2ccc(C(=O)O)cc2F)c(Cl)c1. The van der Waals surface area contributed by atoms with Gasteiger partial charge >= 0.3 is 5.97 Å². The first kappa shape index (κ1) is 13.8. The summed E-state index contributed by atoms with van der Waals surface area (Å²) in [6.07, 6.45) is 0. The van der Waals surface area contributed by atoms with Gasteiger partial charge in [0.1, 0.15) is 5.82 Å². The third-order valence-electron chi connectivity index (χ3n) is 2.58. The van der Waals surface area contributed by atoms with E-state index < -0.39 is 11.8 Å². The van der Waals surface area contributed by atoms with Crippen molar-refractivity contribution in [3.05, 3.63) is 58.4 Å². The maximum atomic E-state index is 13.8. The van der Waals surface area contributed by atoms with Crippen molar-refractivity contribution >= 4 is 28.9 Å². The third-order valence-corrected chi connectivity index (χ3v) is 2.90. The fourth-order valence-corrected chi connectivity index (χ4v) is 1.81. The molecule has 0 unspecified atom stereocenters. The molecule has 4 nitrogen and oxygen atoms in total. The van der Waals surface area contributed by atoms with Crippen molar-refractivity contribution in [2.24, 2.45) is 0 Å². The molecular formula is C14H8ClFN2O2. The van der Waals surface area contributed by atoms with Crippen molar-refractivity contribution in [1.82, 2.24) is 0 Å². The predicted molar refractivity (Wildman–Crippen MR) is 72.8 cm³/mol. The van der Waals surface area contributed by atoms with E-state index in [1.54, 1.807) is 6.07 Å². The fourth-order valence-electron chi connectivity index (χ4n) is 1.58. The van der Waals surface area contributed by atoms with Crippen LogP contribution in [0.1, 0.15) is 15.9 Å². The van der Waals surface area contributed by atoms with E-state index in [0.29, 0.717) is 11.3 Å². The van der Waals surface area contributed by atoms with Gasteiger partial charge in [0, 0.05) is 0 Å². The lowest BCUT2D eigenvalue weighted by atomic mass is 10.2. The van der Waals surface area contributed by atoms with E-state index in [-0.39, 0.29) is 16.3 Å². The molecule has 0 atom stereocenters. The van der Waals surface area contributed by atoms with Crippen LogP contribution in [0.15, 0.2) is 36.4 Å². The molecule has 0 radical (unpaired) electrons. The number of aromatic carboxylic acids is 1. The van der Waals surface area contributed by atoms with Crippen LogP contribution in [0.2, 0.25) is 5.02 Å². The monoisotopic (exact) mass is 290 g/mol. The number of carbonyl (C=O) groups is 1. The molecule has 0 fully saturated rings. The van der Waals surface area contributed by atoms with Gasteiger partial charge in [-0.3, -0.25) is 0 Å².